The summed E-state index contributed by atoms with van der Waals surface area (Å²) in [6, 6.07) is 10.7. The van der Waals surface area contributed by atoms with Crippen molar-refractivity contribution in [3.05, 3.63) is 59.7 Å². The highest BCUT2D eigenvalue weighted by molar-refractivity contribution is 8.05. The van der Waals surface area contributed by atoms with Crippen molar-refractivity contribution in [1.29, 1.82) is 0 Å². The molecule has 3 amide bonds. The molecule has 2 aromatic rings. The summed E-state index contributed by atoms with van der Waals surface area (Å²) in [6.07, 6.45) is 0. The second-order valence-electron chi connectivity index (χ2n) is 5.20. The van der Waals surface area contributed by atoms with Gasteiger partial charge >= 0.3 is 16.1 Å². The summed E-state index contributed by atoms with van der Waals surface area (Å²) in [7, 11) is -1.85. The Hall–Kier alpha value is -3.40. The van der Waals surface area contributed by atoms with E-state index < -0.39 is 27.1 Å². The Balaban J connectivity index is 2.17. The summed E-state index contributed by atoms with van der Waals surface area (Å²) >= 11 is 0. The number of hydrogen-bond acceptors (Lipinski definition) is 6. The van der Waals surface area contributed by atoms with Gasteiger partial charge in [0.1, 0.15) is 5.75 Å². The zero-order valence-corrected chi connectivity index (χ0v) is 15.3. The molecule has 0 aliphatic heterocycles. The van der Waals surface area contributed by atoms with Crippen LogP contribution in [0.2, 0.25) is 0 Å². The fourth-order valence-corrected chi connectivity index (χ4v) is 2.99. The van der Waals surface area contributed by atoms with Gasteiger partial charge in [-0.15, -0.1) is 0 Å². The minimum atomic E-state index is -4.62. The van der Waals surface area contributed by atoms with Gasteiger partial charge in [-0.05, 0) is 36.4 Å². The number of nitrogens with one attached hydrogen (secondary N) is 3. The first-order valence-electron chi connectivity index (χ1n) is 7.62. The fraction of sp³-hybridized carbons (Fsp3) is 0.118. The molecule has 142 valence electrons. The lowest BCUT2D eigenvalue weighted by atomic mass is 10.2. The number of urea groups is 1. The van der Waals surface area contributed by atoms with Crippen molar-refractivity contribution in [3.8, 4) is 5.75 Å². The smallest absolute Gasteiger partial charge is 0.318 e. The van der Waals surface area contributed by atoms with Crippen LogP contribution in [-0.4, -0.2) is 39.6 Å². The molecule has 27 heavy (non-hydrogen) atoms. The zero-order valence-electron chi connectivity index (χ0n) is 14.5. The van der Waals surface area contributed by atoms with Gasteiger partial charge < -0.3 is 15.4 Å². The van der Waals surface area contributed by atoms with Crippen molar-refractivity contribution in [2.45, 2.75) is 0 Å². The van der Waals surface area contributed by atoms with Gasteiger partial charge in [0.2, 0.25) is 0 Å². The van der Waals surface area contributed by atoms with E-state index in [2.05, 4.69) is 10.6 Å². The first kappa shape index (κ1) is 19.9. The van der Waals surface area contributed by atoms with Crippen LogP contribution in [0.25, 0.3) is 0 Å². The van der Waals surface area contributed by atoms with Crippen LogP contribution in [0.15, 0.2) is 48.5 Å². The van der Waals surface area contributed by atoms with E-state index in [1.54, 1.807) is 10.8 Å². The van der Waals surface area contributed by atoms with Crippen molar-refractivity contribution in [1.82, 2.24) is 10.0 Å². The Morgan fingerprint density at radius 1 is 0.963 bits per heavy atom. The average Bonchev–Trinajstić information content (AvgIpc) is 2.67. The van der Waals surface area contributed by atoms with Gasteiger partial charge in [-0.25, -0.2) is 9.52 Å². The molecular formula is C17H17N3O6S. The summed E-state index contributed by atoms with van der Waals surface area (Å²) in [4.78, 5) is 35.7. The van der Waals surface area contributed by atoms with Gasteiger partial charge in [0.05, 0.1) is 12.7 Å². The standard InChI is InChI=1S/C17H17N3O6S/c1-18-17(23)19-12-9-7-11(8-10-12)16(22)27(24,25)20-15(21)13-5-3-4-6-14(13)26-2/h3-10H,1-2H3,(H,20,21)(H2,18,19,23). The number of carbonyl (C=O) groups excluding carboxylic acids is 3. The molecule has 3 N–H and O–H groups in total. The lowest BCUT2D eigenvalue weighted by Gasteiger charge is -2.09. The van der Waals surface area contributed by atoms with Gasteiger partial charge in [0.15, 0.2) is 0 Å². The van der Waals surface area contributed by atoms with Crippen LogP contribution < -0.4 is 20.1 Å². The molecule has 0 bridgehead atoms. The van der Waals surface area contributed by atoms with Crippen molar-refractivity contribution in [3.63, 3.8) is 0 Å². The number of benzene rings is 2. The van der Waals surface area contributed by atoms with E-state index in [0.29, 0.717) is 5.69 Å². The first-order chi connectivity index (χ1) is 12.8. The summed E-state index contributed by atoms with van der Waals surface area (Å²) in [6.45, 7) is 0. The normalized spacial score (nSPS) is 10.6. The minimum absolute atomic E-state index is 0.0264. The molecular weight excluding hydrogens is 374 g/mol. The Labute approximate surface area is 155 Å². The van der Waals surface area contributed by atoms with Crippen LogP contribution >= 0.6 is 0 Å². The fourth-order valence-electron chi connectivity index (χ4n) is 2.09. The highest BCUT2D eigenvalue weighted by atomic mass is 32.2. The maximum Gasteiger partial charge on any atom is 0.318 e. The van der Waals surface area contributed by atoms with E-state index in [9.17, 15) is 22.8 Å². The molecule has 0 unspecified atom stereocenters. The second kappa shape index (κ2) is 8.32. The lowest BCUT2D eigenvalue weighted by Crippen LogP contribution is -2.36. The summed E-state index contributed by atoms with van der Waals surface area (Å²) in [5, 5.41) is 3.54. The van der Waals surface area contributed by atoms with E-state index in [1.807, 2.05) is 0 Å². The van der Waals surface area contributed by atoms with Gasteiger partial charge in [-0.1, -0.05) is 12.1 Å². The molecule has 0 aliphatic rings. The molecule has 0 aliphatic carbocycles. The third-order valence-corrected chi connectivity index (χ3v) is 4.61. The van der Waals surface area contributed by atoms with E-state index in [0.717, 1.165) is 0 Å². The van der Waals surface area contributed by atoms with E-state index >= 15 is 0 Å². The van der Waals surface area contributed by atoms with Crippen molar-refractivity contribution >= 4 is 32.8 Å². The summed E-state index contributed by atoms with van der Waals surface area (Å²) in [5.74, 6) is -0.819. The quantitative estimate of drug-likeness (QED) is 0.721. The average molecular weight is 391 g/mol. The molecule has 0 saturated heterocycles. The molecule has 0 fully saturated rings. The molecule has 0 atom stereocenters. The Kier molecular flexibility index (Phi) is 6.14. The van der Waals surface area contributed by atoms with Crippen LogP contribution in [0.4, 0.5) is 10.5 Å². The molecule has 0 spiro atoms. The molecule has 2 rings (SSSR count). The van der Waals surface area contributed by atoms with Crippen LogP contribution in [0.5, 0.6) is 5.75 Å². The number of ether oxygens (including phenoxy) is 1. The number of amides is 3. The Morgan fingerprint density at radius 3 is 2.19 bits per heavy atom. The molecule has 2 aromatic carbocycles. The van der Waals surface area contributed by atoms with E-state index in [1.165, 1.54) is 56.6 Å². The summed E-state index contributed by atoms with van der Waals surface area (Å²) < 4.78 is 31.2. The molecule has 0 saturated carbocycles. The number of rotatable bonds is 4. The molecule has 0 heterocycles. The van der Waals surface area contributed by atoms with Crippen molar-refractivity contribution in [2.24, 2.45) is 0 Å². The Morgan fingerprint density at radius 2 is 1.59 bits per heavy atom. The van der Waals surface area contributed by atoms with Crippen molar-refractivity contribution < 1.29 is 27.5 Å². The van der Waals surface area contributed by atoms with Crippen molar-refractivity contribution in [2.75, 3.05) is 19.5 Å². The third kappa shape index (κ3) is 4.82. The zero-order chi connectivity index (χ0) is 20.0. The van der Waals surface area contributed by atoms with Crippen LogP contribution in [0.1, 0.15) is 20.7 Å². The van der Waals surface area contributed by atoms with Gasteiger partial charge in [-0.3, -0.25) is 9.59 Å². The third-order valence-electron chi connectivity index (χ3n) is 3.43. The van der Waals surface area contributed by atoms with Crippen LogP contribution in [-0.2, 0) is 10.0 Å². The van der Waals surface area contributed by atoms with Crippen LogP contribution in [0, 0.1) is 0 Å². The number of para-hydroxylation sites is 1. The highest BCUT2D eigenvalue weighted by Crippen LogP contribution is 2.18. The largest absolute Gasteiger partial charge is 0.496 e. The maximum absolute atomic E-state index is 12.2. The highest BCUT2D eigenvalue weighted by Gasteiger charge is 2.27. The predicted octanol–water partition coefficient (Wildman–Crippen LogP) is 1.35. The molecule has 0 radical (unpaired) electrons. The second-order valence-corrected chi connectivity index (χ2v) is 6.79. The van der Waals surface area contributed by atoms with Gasteiger partial charge in [0, 0.05) is 18.3 Å². The molecule has 0 aromatic heterocycles. The summed E-state index contributed by atoms with van der Waals surface area (Å²) in [5.41, 5.74) is 0.167. The van der Waals surface area contributed by atoms with Crippen LogP contribution in [0.3, 0.4) is 0 Å². The monoisotopic (exact) mass is 391 g/mol. The molecule has 9 nitrogen and oxygen atoms in total. The molecule has 10 heteroatoms. The van der Waals surface area contributed by atoms with E-state index in [4.69, 9.17) is 4.74 Å². The minimum Gasteiger partial charge on any atom is -0.496 e. The lowest BCUT2D eigenvalue weighted by molar-refractivity contribution is 0.0969. The predicted molar refractivity (Wildman–Crippen MR) is 98.2 cm³/mol. The first-order valence-corrected chi connectivity index (χ1v) is 9.10. The van der Waals surface area contributed by atoms with E-state index in [-0.39, 0.29) is 16.9 Å². The Bertz CT molecular complexity index is 970. The maximum atomic E-state index is 12.2. The number of anilines is 1. The number of sulfonamides is 1. The van der Waals surface area contributed by atoms with Gasteiger partial charge in [0.25, 0.3) is 11.0 Å². The van der Waals surface area contributed by atoms with Gasteiger partial charge in [-0.2, -0.15) is 8.42 Å². The number of hydrogen-bond donors (Lipinski definition) is 3. The SMILES string of the molecule is CNC(=O)Nc1ccc(C(=O)S(=O)(=O)NC(=O)c2ccccc2OC)cc1. The number of methoxy groups -OCH3 is 1. The number of carbonyl (C=O) groups is 3. The topological polar surface area (TPSA) is 131 Å².